The number of carbonyl (C=O) groups is 1. The number of amides is 2. The highest BCUT2D eigenvalue weighted by Crippen LogP contribution is 2.35. The number of piperazine rings is 1. The molecule has 182 valence electrons. The van der Waals surface area contributed by atoms with Crippen molar-refractivity contribution in [2.24, 2.45) is 5.10 Å². The molecule has 2 amide bonds. The highest BCUT2D eigenvalue weighted by atomic mass is 19.3. The molecule has 0 aliphatic carbocycles. The summed E-state index contributed by atoms with van der Waals surface area (Å²) in [6, 6.07) is 10.9. The van der Waals surface area contributed by atoms with Crippen LogP contribution in [-0.4, -0.2) is 82.2 Å². The molecule has 1 N–H and O–H groups in total. The molecule has 10 heteroatoms. The van der Waals surface area contributed by atoms with Gasteiger partial charge in [0.15, 0.2) is 11.5 Å². The van der Waals surface area contributed by atoms with Crippen LogP contribution in [0.5, 0.6) is 11.5 Å². The summed E-state index contributed by atoms with van der Waals surface area (Å²) in [6.45, 7) is 1.23. The minimum atomic E-state index is -2.98. The van der Waals surface area contributed by atoms with Crippen molar-refractivity contribution in [1.82, 2.24) is 15.2 Å². The fourth-order valence-corrected chi connectivity index (χ4v) is 4.21. The Hall–Kier alpha value is -3.40. The largest absolute Gasteiger partial charge is 0.493 e. The summed E-state index contributed by atoms with van der Waals surface area (Å²) in [4.78, 5) is 17.1. The zero-order valence-corrected chi connectivity index (χ0v) is 19.6. The Morgan fingerprint density at radius 1 is 1.06 bits per heavy atom. The number of anilines is 1. The molecule has 4 rings (SSSR count). The Labute approximate surface area is 197 Å². The number of nitrogens with zero attached hydrogens (tertiary/aromatic N) is 4. The van der Waals surface area contributed by atoms with Crippen LogP contribution >= 0.6 is 0 Å². The average molecular weight is 474 g/mol. The number of hydrogen-bond acceptors (Lipinski definition) is 6. The number of carbonyl (C=O) groups excluding carboxylic acids is 1. The quantitative estimate of drug-likeness (QED) is 0.723. The first kappa shape index (κ1) is 23.7. The first-order valence-corrected chi connectivity index (χ1v) is 11.2. The van der Waals surface area contributed by atoms with E-state index in [-0.39, 0.29) is 24.1 Å². The van der Waals surface area contributed by atoms with E-state index in [9.17, 15) is 13.6 Å². The molecular formula is C24H29F2N5O3. The molecule has 1 saturated heterocycles. The van der Waals surface area contributed by atoms with Gasteiger partial charge in [-0.15, -0.1) is 0 Å². The Bertz CT molecular complexity index is 1050. The topological polar surface area (TPSA) is 69.6 Å². The normalized spacial score (nSPS) is 16.6. The lowest BCUT2D eigenvalue weighted by Crippen LogP contribution is -2.44. The van der Waals surface area contributed by atoms with Gasteiger partial charge in [-0.3, -0.25) is 0 Å². The van der Waals surface area contributed by atoms with Crippen LogP contribution in [0.3, 0.4) is 0 Å². The monoisotopic (exact) mass is 473 g/mol. The van der Waals surface area contributed by atoms with Gasteiger partial charge >= 0.3 is 12.6 Å². The number of ether oxygens (including phenoxy) is 2. The van der Waals surface area contributed by atoms with Crippen LogP contribution < -0.4 is 19.7 Å². The van der Waals surface area contributed by atoms with Crippen LogP contribution in [0.2, 0.25) is 0 Å². The van der Waals surface area contributed by atoms with Crippen LogP contribution in [-0.2, 0) is 6.42 Å². The van der Waals surface area contributed by atoms with Gasteiger partial charge < -0.3 is 24.6 Å². The second-order valence-electron chi connectivity index (χ2n) is 8.25. The second kappa shape index (κ2) is 10.3. The molecule has 34 heavy (non-hydrogen) atoms. The highest BCUT2D eigenvalue weighted by molar-refractivity contribution is 6.14. The third kappa shape index (κ3) is 5.06. The van der Waals surface area contributed by atoms with E-state index in [0.717, 1.165) is 43.0 Å². The van der Waals surface area contributed by atoms with E-state index >= 15 is 0 Å². The number of urea groups is 1. The van der Waals surface area contributed by atoms with Gasteiger partial charge in [-0.25, -0.2) is 9.80 Å². The Kier molecular flexibility index (Phi) is 7.16. The summed E-state index contributed by atoms with van der Waals surface area (Å²) in [7, 11) is 5.06. The molecule has 2 heterocycles. The van der Waals surface area contributed by atoms with Crippen LogP contribution in [0.15, 0.2) is 41.5 Å². The Balaban J connectivity index is 1.74. The maximum absolute atomic E-state index is 12.9. The number of alkyl halides is 2. The zero-order valence-electron chi connectivity index (χ0n) is 19.6. The second-order valence-corrected chi connectivity index (χ2v) is 8.25. The SMILES string of the molecule is CNC(=O)N1CCc2cc(OC(F)F)c(OC)cc2C(c2ccc(N3CCN(C)CC3)cc2)=N1. The van der Waals surface area contributed by atoms with Gasteiger partial charge in [0.2, 0.25) is 0 Å². The van der Waals surface area contributed by atoms with Gasteiger partial charge in [-0.2, -0.15) is 13.9 Å². The third-order valence-corrected chi connectivity index (χ3v) is 6.13. The van der Waals surface area contributed by atoms with E-state index in [4.69, 9.17) is 4.74 Å². The lowest BCUT2D eigenvalue weighted by molar-refractivity contribution is -0.0512. The van der Waals surface area contributed by atoms with E-state index in [0.29, 0.717) is 17.7 Å². The van der Waals surface area contributed by atoms with Crippen molar-refractivity contribution in [1.29, 1.82) is 0 Å². The predicted octanol–water partition coefficient (Wildman–Crippen LogP) is 3.00. The average Bonchev–Trinajstić information content (AvgIpc) is 3.03. The van der Waals surface area contributed by atoms with Crippen molar-refractivity contribution in [3.05, 3.63) is 53.1 Å². The van der Waals surface area contributed by atoms with Crippen molar-refractivity contribution in [2.75, 3.05) is 58.8 Å². The number of methoxy groups -OCH3 is 1. The maximum atomic E-state index is 12.9. The molecule has 0 spiro atoms. The van der Waals surface area contributed by atoms with Crippen LogP contribution in [0.25, 0.3) is 0 Å². The van der Waals surface area contributed by atoms with E-state index in [1.54, 1.807) is 12.1 Å². The van der Waals surface area contributed by atoms with E-state index in [2.05, 4.69) is 32.0 Å². The molecule has 0 atom stereocenters. The smallest absolute Gasteiger partial charge is 0.387 e. The first-order chi connectivity index (χ1) is 16.4. The number of fused-ring (bicyclic) bond motifs is 1. The number of nitrogens with one attached hydrogen (secondary N) is 1. The number of hydrogen-bond donors (Lipinski definition) is 1. The lowest BCUT2D eigenvalue weighted by atomic mass is 9.95. The van der Waals surface area contributed by atoms with Crippen molar-refractivity contribution in [3.63, 3.8) is 0 Å². The molecule has 0 unspecified atom stereocenters. The first-order valence-electron chi connectivity index (χ1n) is 11.2. The number of benzene rings is 2. The van der Waals surface area contributed by atoms with Gasteiger partial charge in [-0.1, -0.05) is 12.1 Å². The van der Waals surface area contributed by atoms with Gasteiger partial charge in [0.1, 0.15) is 0 Å². The highest BCUT2D eigenvalue weighted by Gasteiger charge is 2.25. The Morgan fingerprint density at radius 3 is 2.38 bits per heavy atom. The van der Waals surface area contributed by atoms with E-state index in [1.807, 2.05) is 24.3 Å². The number of halogens is 2. The molecule has 2 aromatic rings. The third-order valence-electron chi connectivity index (χ3n) is 6.13. The molecule has 0 saturated carbocycles. The minimum absolute atomic E-state index is 0.0468. The molecule has 0 aromatic heterocycles. The van der Waals surface area contributed by atoms with Gasteiger partial charge in [-0.05, 0) is 43.3 Å². The fourth-order valence-electron chi connectivity index (χ4n) is 4.21. The van der Waals surface area contributed by atoms with Gasteiger partial charge in [0, 0.05) is 50.0 Å². The summed E-state index contributed by atoms with van der Waals surface area (Å²) in [6.07, 6.45) is 0.415. The van der Waals surface area contributed by atoms with Crippen molar-refractivity contribution in [3.8, 4) is 11.5 Å². The van der Waals surface area contributed by atoms with Gasteiger partial charge in [0.25, 0.3) is 0 Å². The van der Waals surface area contributed by atoms with Crippen LogP contribution in [0.1, 0.15) is 16.7 Å². The van der Waals surface area contributed by atoms with Crippen molar-refractivity contribution >= 4 is 17.4 Å². The number of rotatable bonds is 5. The standard InChI is InChI=1S/C24H29F2N5O3/c1-27-24(32)31-9-8-17-14-21(34-23(25)26)20(33-3)15-19(17)22(28-31)16-4-6-18(7-5-16)30-12-10-29(2)11-13-30/h4-7,14-15,23H,8-13H2,1-3H3,(H,27,32). The van der Waals surface area contributed by atoms with E-state index < -0.39 is 6.61 Å². The Morgan fingerprint density at radius 2 is 1.76 bits per heavy atom. The fraction of sp³-hybridized carbons (Fsp3) is 0.417. The molecule has 8 nitrogen and oxygen atoms in total. The van der Waals surface area contributed by atoms with Gasteiger partial charge in [0.05, 0.1) is 19.4 Å². The zero-order chi connectivity index (χ0) is 24.2. The summed E-state index contributed by atoms with van der Waals surface area (Å²) in [5.74, 6) is 0.128. The minimum Gasteiger partial charge on any atom is -0.493 e. The van der Waals surface area contributed by atoms with Crippen LogP contribution in [0, 0.1) is 0 Å². The molecule has 0 bridgehead atoms. The summed E-state index contributed by atoms with van der Waals surface area (Å²) >= 11 is 0. The van der Waals surface area contributed by atoms with Crippen molar-refractivity contribution < 1.29 is 23.0 Å². The molecular weight excluding hydrogens is 444 g/mol. The maximum Gasteiger partial charge on any atom is 0.387 e. The summed E-state index contributed by atoms with van der Waals surface area (Å²) < 4.78 is 35.9. The molecule has 0 radical (unpaired) electrons. The van der Waals surface area contributed by atoms with Crippen LogP contribution in [0.4, 0.5) is 19.3 Å². The number of likely N-dealkylation sites (N-methyl/N-ethyl adjacent to an activating group) is 1. The van der Waals surface area contributed by atoms with E-state index in [1.165, 1.54) is 19.2 Å². The lowest BCUT2D eigenvalue weighted by Gasteiger charge is -2.34. The molecule has 2 aromatic carbocycles. The predicted molar refractivity (Wildman–Crippen MR) is 126 cm³/mol. The molecule has 2 aliphatic heterocycles. The van der Waals surface area contributed by atoms with Crippen molar-refractivity contribution in [2.45, 2.75) is 13.0 Å². The molecule has 1 fully saturated rings. The molecule has 2 aliphatic rings. The summed E-state index contributed by atoms with van der Waals surface area (Å²) in [5.41, 5.74) is 3.93. The summed E-state index contributed by atoms with van der Waals surface area (Å²) in [5, 5.41) is 8.60. The number of hydrazone groups is 1.